The highest BCUT2D eigenvalue weighted by Crippen LogP contribution is 2.29. The number of H-pyrrole nitrogens is 1. The van der Waals surface area contributed by atoms with Crippen molar-refractivity contribution in [1.29, 1.82) is 5.26 Å². The first-order chi connectivity index (χ1) is 12.5. The number of imidazole rings is 1. The van der Waals surface area contributed by atoms with Gasteiger partial charge in [-0.05, 0) is 71.2 Å². The number of nitriles is 1. The van der Waals surface area contributed by atoms with Crippen molar-refractivity contribution in [3.63, 3.8) is 0 Å². The highest BCUT2D eigenvalue weighted by molar-refractivity contribution is 9.10. The van der Waals surface area contributed by atoms with Gasteiger partial charge >= 0.3 is 0 Å². The number of aromatic nitrogens is 2. The third-order valence-corrected chi connectivity index (χ3v) is 4.61. The minimum atomic E-state index is -0.351. The number of fused-ring (bicyclic) bond motifs is 1. The zero-order valence-corrected chi connectivity index (χ0v) is 16.0. The SMILES string of the molecule is CC[C@@H](C)Oc1ccc(/C=C(/C#N)c2nc3ccc(F)cc3[nH]2)cc1Br. The normalized spacial score (nSPS) is 12.8. The fourth-order valence-corrected chi connectivity index (χ4v) is 2.92. The molecule has 0 unspecified atom stereocenters. The molecule has 3 aromatic rings. The van der Waals surface area contributed by atoms with Gasteiger partial charge in [0.05, 0.1) is 27.2 Å². The van der Waals surface area contributed by atoms with Gasteiger partial charge in [-0.3, -0.25) is 0 Å². The number of hydrogen-bond acceptors (Lipinski definition) is 3. The Bertz CT molecular complexity index is 1020. The van der Waals surface area contributed by atoms with Gasteiger partial charge < -0.3 is 9.72 Å². The number of nitrogens with zero attached hydrogens (tertiary/aromatic N) is 2. The molecule has 6 heteroatoms. The lowest BCUT2D eigenvalue weighted by atomic mass is 10.1. The van der Waals surface area contributed by atoms with Gasteiger partial charge in [0.1, 0.15) is 23.5 Å². The van der Waals surface area contributed by atoms with Crippen molar-refractivity contribution in [3.8, 4) is 11.8 Å². The number of benzene rings is 2. The molecule has 0 aliphatic heterocycles. The van der Waals surface area contributed by atoms with E-state index in [9.17, 15) is 9.65 Å². The zero-order chi connectivity index (χ0) is 18.7. The summed E-state index contributed by atoms with van der Waals surface area (Å²) in [7, 11) is 0. The molecule has 1 atom stereocenters. The molecule has 0 spiro atoms. The van der Waals surface area contributed by atoms with E-state index in [2.05, 4.69) is 38.9 Å². The summed E-state index contributed by atoms with van der Waals surface area (Å²) in [6.45, 7) is 4.08. The first kappa shape index (κ1) is 18.2. The molecular weight excluding hydrogens is 397 g/mol. The van der Waals surface area contributed by atoms with Crippen LogP contribution in [-0.4, -0.2) is 16.1 Å². The summed E-state index contributed by atoms with van der Waals surface area (Å²) in [4.78, 5) is 7.35. The lowest BCUT2D eigenvalue weighted by Crippen LogP contribution is -2.09. The predicted molar refractivity (Wildman–Crippen MR) is 104 cm³/mol. The Kier molecular flexibility index (Phi) is 5.38. The number of rotatable bonds is 5. The van der Waals surface area contributed by atoms with E-state index in [0.717, 1.165) is 22.2 Å². The van der Waals surface area contributed by atoms with E-state index in [0.29, 0.717) is 22.4 Å². The standard InChI is InChI=1S/C20H17BrFN3O/c1-3-12(2)26-19-7-4-13(9-16(19)21)8-14(11-23)20-24-17-6-5-15(22)10-18(17)25-20/h4-10,12H,3H2,1-2H3,(H,24,25)/b14-8-/t12-/m1/s1. The number of ether oxygens (including phenoxy) is 1. The van der Waals surface area contributed by atoms with Crippen molar-refractivity contribution in [3.05, 3.63) is 58.1 Å². The Labute approximate surface area is 159 Å². The molecular formula is C20H17BrFN3O. The van der Waals surface area contributed by atoms with E-state index in [1.807, 2.05) is 25.1 Å². The minimum Gasteiger partial charge on any atom is -0.490 e. The summed E-state index contributed by atoms with van der Waals surface area (Å²) in [6, 6.07) is 12.1. The Morgan fingerprint density at radius 3 is 2.88 bits per heavy atom. The Morgan fingerprint density at radius 2 is 2.19 bits per heavy atom. The van der Waals surface area contributed by atoms with Gasteiger partial charge in [-0.2, -0.15) is 5.26 Å². The van der Waals surface area contributed by atoms with Crippen molar-refractivity contribution < 1.29 is 9.13 Å². The average Bonchev–Trinajstić information content (AvgIpc) is 3.04. The first-order valence-corrected chi connectivity index (χ1v) is 9.03. The van der Waals surface area contributed by atoms with Crippen molar-refractivity contribution in [1.82, 2.24) is 9.97 Å². The summed E-state index contributed by atoms with van der Waals surface area (Å²) < 4.78 is 20.0. The fraction of sp³-hybridized carbons (Fsp3) is 0.200. The molecule has 0 radical (unpaired) electrons. The molecule has 0 aliphatic carbocycles. The number of hydrogen-bond donors (Lipinski definition) is 1. The monoisotopic (exact) mass is 413 g/mol. The third kappa shape index (κ3) is 3.94. The summed E-state index contributed by atoms with van der Waals surface area (Å²) in [5.41, 5.74) is 2.36. The highest BCUT2D eigenvalue weighted by Gasteiger charge is 2.10. The van der Waals surface area contributed by atoms with Gasteiger partial charge in [0.15, 0.2) is 0 Å². The van der Waals surface area contributed by atoms with Crippen molar-refractivity contribution in [2.75, 3.05) is 0 Å². The zero-order valence-electron chi connectivity index (χ0n) is 14.4. The van der Waals surface area contributed by atoms with Gasteiger partial charge in [-0.1, -0.05) is 13.0 Å². The van der Waals surface area contributed by atoms with E-state index < -0.39 is 0 Å². The second-order valence-corrected chi connectivity index (χ2v) is 6.80. The largest absolute Gasteiger partial charge is 0.490 e. The van der Waals surface area contributed by atoms with Gasteiger partial charge in [0.25, 0.3) is 0 Å². The van der Waals surface area contributed by atoms with Crippen LogP contribution in [0.25, 0.3) is 22.7 Å². The molecule has 26 heavy (non-hydrogen) atoms. The maximum absolute atomic E-state index is 13.3. The van der Waals surface area contributed by atoms with Crippen molar-refractivity contribution in [2.45, 2.75) is 26.4 Å². The summed E-state index contributed by atoms with van der Waals surface area (Å²) in [5, 5.41) is 9.51. The molecule has 1 aromatic heterocycles. The van der Waals surface area contributed by atoms with Crippen LogP contribution in [0.3, 0.4) is 0 Å². The quantitative estimate of drug-likeness (QED) is 0.545. The second-order valence-electron chi connectivity index (χ2n) is 5.94. The number of aromatic amines is 1. The van der Waals surface area contributed by atoms with Crippen LogP contribution in [-0.2, 0) is 0 Å². The molecule has 2 aromatic carbocycles. The van der Waals surface area contributed by atoms with Crippen molar-refractivity contribution >= 4 is 38.6 Å². The number of halogens is 2. The predicted octanol–water partition coefficient (Wildman–Crippen LogP) is 5.71. The van der Waals surface area contributed by atoms with Gasteiger partial charge in [0.2, 0.25) is 0 Å². The van der Waals surface area contributed by atoms with Crippen LogP contribution in [0, 0.1) is 17.1 Å². The van der Waals surface area contributed by atoms with E-state index in [1.54, 1.807) is 12.1 Å². The molecule has 4 nitrogen and oxygen atoms in total. The molecule has 1 heterocycles. The van der Waals surface area contributed by atoms with Gasteiger partial charge in [-0.15, -0.1) is 0 Å². The van der Waals surface area contributed by atoms with Gasteiger partial charge in [0, 0.05) is 0 Å². The van der Waals surface area contributed by atoms with Gasteiger partial charge in [-0.25, -0.2) is 9.37 Å². The second kappa shape index (κ2) is 7.71. The van der Waals surface area contributed by atoms with E-state index >= 15 is 0 Å². The Hall–Kier alpha value is -2.65. The topological polar surface area (TPSA) is 61.7 Å². The molecule has 1 N–H and O–H groups in total. The van der Waals surface area contributed by atoms with E-state index in [1.165, 1.54) is 12.1 Å². The molecule has 3 rings (SSSR count). The van der Waals surface area contributed by atoms with Crippen LogP contribution < -0.4 is 4.74 Å². The molecule has 0 aliphatic rings. The number of nitrogens with one attached hydrogen (secondary N) is 1. The third-order valence-electron chi connectivity index (χ3n) is 3.99. The maximum Gasteiger partial charge on any atom is 0.149 e. The van der Waals surface area contributed by atoms with E-state index in [4.69, 9.17) is 4.74 Å². The van der Waals surface area contributed by atoms with Crippen LogP contribution in [0.1, 0.15) is 31.7 Å². The number of allylic oxidation sites excluding steroid dienone is 1. The Morgan fingerprint density at radius 1 is 1.38 bits per heavy atom. The maximum atomic E-state index is 13.3. The first-order valence-electron chi connectivity index (χ1n) is 8.23. The molecule has 132 valence electrons. The lowest BCUT2D eigenvalue weighted by molar-refractivity contribution is 0.216. The molecule has 0 amide bonds. The van der Waals surface area contributed by atoms with Crippen LogP contribution in [0.5, 0.6) is 5.75 Å². The summed E-state index contributed by atoms with van der Waals surface area (Å²) in [6.07, 6.45) is 2.77. The smallest absolute Gasteiger partial charge is 0.149 e. The highest BCUT2D eigenvalue weighted by atomic mass is 79.9. The minimum absolute atomic E-state index is 0.123. The van der Waals surface area contributed by atoms with Crippen molar-refractivity contribution in [2.24, 2.45) is 0 Å². The lowest BCUT2D eigenvalue weighted by Gasteiger charge is -2.14. The fourth-order valence-electron chi connectivity index (χ4n) is 2.43. The van der Waals surface area contributed by atoms with Crippen LogP contribution >= 0.6 is 15.9 Å². The van der Waals surface area contributed by atoms with E-state index in [-0.39, 0.29) is 11.9 Å². The summed E-state index contributed by atoms with van der Waals surface area (Å²) in [5.74, 6) is 0.814. The molecule has 0 saturated heterocycles. The Balaban J connectivity index is 1.93. The molecule has 0 fully saturated rings. The summed E-state index contributed by atoms with van der Waals surface area (Å²) >= 11 is 3.51. The molecule has 0 saturated carbocycles. The van der Waals surface area contributed by atoms with Crippen LogP contribution in [0.15, 0.2) is 40.9 Å². The van der Waals surface area contributed by atoms with Crippen LogP contribution in [0.4, 0.5) is 4.39 Å². The average molecular weight is 414 g/mol. The molecule has 0 bridgehead atoms. The van der Waals surface area contributed by atoms with Crippen LogP contribution in [0.2, 0.25) is 0 Å².